The first-order chi connectivity index (χ1) is 8.40. The molecule has 1 aromatic rings. The third kappa shape index (κ3) is 3.92. The third-order valence-electron chi connectivity index (χ3n) is 2.15. The lowest BCUT2D eigenvalue weighted by atomic mass is 10.3. The molecule has 0 amide bonds. The van der Waals surface area contributed by atoms with E-state index >= 15 is 0 Å². The van der Waals surface area contributed by atoms with Gasteiger partial charge in [0.15, 0.2) is 0 Å². The van der Waals surface area contributed by atoms with Crippen LogP contribution in [0.3, 0.4) is 0 Å². The molecule has 18 heavy (non-hydrogen) atoms. The summed E-state index contributed by atoms with van der Waals surface area (Å²) in [5.41, 5.74) is 5.90. The molecule has 0 bridgehead atoms. The summed E-state index contributed by atoms with van der Waals surface area (Å²) < 4.78 is 31.7. The Morgan fingerprint density at radius 2 is 2.22 bits per heavy atom. The zero-order chi connectivity index (χ0) is 13.8. The second-order valence-electron chi connectivity index (χ2n) is 3.65. The molecule has 0 fully saturated rings. The molecule has 1 unspecified atom stereocenters. The van der Waals surface area contributed by atoms with Crippen molar-refractivity contribution in [1.82, 2.24) is 4.72 Å². The van der Waals surface area contributed by atoms with Crippen molar-refractivity contribution in [3.8, 4) is 0 Å². The Morgan fingerprint density at radius 1 is 1.56 bits per heavy atom. The molecule has 0 aliphatic rings. The van der Waals surface area contributed by atoms with Gasteiger partial charge in [-0.2, -0.15) is 0 Å². The van der Waals surface area contributed by atoms with E-state index in [0.29, 0.717) is 10.2 Å². The first-order valence-electron chi connectivity index (χ1n) is 5.08. The van der Waals surface area contributed by atoms with Crippen LogP contribution >= 0.6 is 15.9 Å². The van der Waals surface area contributed by atoms with Gasteiger partial charge in [0, 0.05) is 17.3 Å². The molecule has 1 aromatic carbocycles. The van der Waals surface area contributed by atoms with E-state index in [4.69, 9.17) is 15.6 Å². The molecule has 1 rings (SSSR count). The number of nitrogens with one attached hydrogen (secondary N) is 1. The minimum atomic E-state index is -3.76. The second kappa shape index (κ2) is 6.48. The quantitative estimate of drug-likeness (QED) is 0.648. The number of hydrogen-bond acceptors (Lipinski definition) is 5. The summed E-state index contributed by atoms with van der Waals surface area (Å²) in [6.07, 6.45) is 0. The van der Waals surface area contributed by atoms with Crippen molar-refractivity contribution in [1.29, 1.82) is 0 Å². The molecule has 0 aliphatic heterocycles. The van der Waals surface area contributed by atoms with Crippen molar-refractivity contribution in [2.24, 2.45) is 0 Å². The maximum absolute atomic E-state index is 12.1. The summed E-state index contributed by atoms with van der Waals surface area (Å²) in [6.45, 7) is -0.275. The van der Waals surface area contributed by atoms with Gasteiger partial charge in [-0.15, -0.1) is 0 Å². The fourth-order valence-electron chi connectivity index (χ4n) is 1.33. The molecule has 0 radical (unpaired) electrons. The summed E-state index contributed by atoms with van der Waals surface area (Å²) in [5.74, 6) is 0. The summed E-state index contributed by atoms with van der Waals surface area (Å²) in [6, 6.07) is 3.78. The maximum atomic E-state index is 12.1. The number of hydrogen-bond donors (Lipinski definition) is 3. The molecule has 0 saturated heterocycles. The molecule has 8 heteroatoms. The van der Waals surface area contributed by atoms with Crippen molar-refractivity contribution in [2.75, 3.05) is 26.1 Å². The number of sulfonamides is 1. The molecule has 0 aliphatic carbocycles. The lowest BCUT2D eigenvalue weighted by Crippen LogP contribution is -2.40. The van der Waals surface area contributed by atoms with Crippen LogP contribution in [0.5, 0.6) is 0 Å². The van der Waals surface area contributed by atoms with Gasteiger partial charge in [-0.25, -0.2) is 13.1 Å². The van der Waals surface area contributed by atoms with E-state index in [-0.39, 0.29) is 18.1 Å². The average Bonchev–Trinajstić information content (AvgIpc) is 2.31. The fourth-order valence-corrected chi connectivity index (χ4v) is 3.54. The van der Waals surface area contributed by atoms with Crippen LogP contribution < -0.4 is 10.5 Å². The first kappa shape index (κ1) is 15.4. The molecule has 4 N–H and O–H groups in total. The molecular weight excluding hydrogens is 324 g/mol. The topological polar surface area (TPSA) is 102 Å². The summed E-state index contributed by atoms with van der Waals surface area (Å²) >= 11 is 3.15. The number of nitrogen functional groups attached to an aromatic ring is 1. The number of aliphatic hydroxyl groups is 1. The van der Waals surface area contributed by atoms with Crippen LogP contribution in [0.1, 0.15) is 0 Å². The normalized spacial score (nSPS) is 13.5. The highest BCUT2D eigenvalue weighted by Crippen LogP contribution is 2.24. The van der Waals surface area contributed by atoms with Gasteiger partial charge in [-0.05, 0) is 34.1 Å². The van der Waals surface area contributed by atoms with E-state index in [1.807, 2.05) is 0 Å². The Hall–Kier alpha value is -0.670. The lowest BCUT2D eigenvalue weighted by molar-refractivity contribution is 0.139. The van der Waals surface area contributed by atoms with Crippen LogP contribution in [0.25, 0.3) is 0 Å². The van der Waals surface area contributed by atoms with Gasteiger partial charge < -0.3 is 15.6 Å². The third-order valence-corrected chi connectivity index (χ3v) is 4.67. The number of ether oxygens (including phenoxy) is 1. The van der Waals surface area contributed by atoms with Crippen molar-refractivity contribution in [3.05, 3.63) is 22.7 Å². The largest absolute Gasteiger partial charge is 0.399 e. The zero-order valence-electron chi connectivity index (χ0n) is 9.76. The number of methoxy groups -OCH3 is 1. The molecule has 102 valence electrons. The predicted octanol–water partition coefficient (Wildman–Crippen LogP) is 0.317. The Bertz CT molecular complexity index is 507. The fraction of sp³-hybridized carbons (Fsp3) is 0.400. The predicted molar refractivity (Wildman–Crippen MR) is 71.6 cm³/mol. The Labute approximate surface area is 114 Å². The molecule has 0 heterocycles. The van der Waals surface area contributed by atoms with Gasteiger partial charge in [0.2, 0.25) is 10.0 Å². The second-order valence-corrected chi connectivity index (χ2v) is 6.18. The van der Waals surface area contributed by atoms with E-state index in [2.05, 4.69) is 20.7 Å². The molecule has 0 saturated carbocycles. The average molecular weight is 339 g/mol. The van der Waals surface area contributed by atoms with Crippen molar-refractivity contribution in [2.45, 2.75) is 10.9 Å². The van der Waals surface area contributed by atoms with Gasteiger partial charge in [0.05, 0.1) is 24.2 Å². The lowest BCUT2D eigenvalue weighted by Gasteiger charge is -2.16. The Morgan fingerprint density at radius 3 is 2.78 bits per heavy atom. The van der Waals surface area contributed by atoms with Crippen LogP contribution in [0.2, 0.25) is 0 Å². The SMILES string of the molecule is COCC(CO)NS(=O)(=O)c1cc(N)ccc1Br. The smallest absolute Gasteiger partial charge is 0.242 e. The van der Waals surface area contributed by atoms with E-state index in [1.165, 1.54) is 13.2 Å². The number of benzene rings is 1. The van der Waals surface area contributed by atoms with Gasteiger partial charge in [-0.1, -0.05) is 0 Å². The molecule has 6 nitrogen and oxygen atoms in total. The minimum absolute atomic E-state index is 0.0250. The van der Waals surface area contributed by atoms with Crippen molar-refractivity contribution >= 4 is 31.6 Å². The molecule has 0 spiro atoms. The molecular formula is C10H15BrN2O4S. The standard InChI is InChI=1S/C10H15BrN2O4S/c1-17-6-8(5-14)13-18(15,16)10-4-7(12)2-3-9(10)11/h2-4,8,13-14H,5-6,12H2,1H3. The van der Waals surface area contributed by atoms with Crippen molar-refractivity contribution in [3.63, 3.8) is 0 Å². The van der Waals surface area contributed by atoms with Crippen molar-refractivity contribution < 1.29 is 18.3 Å². The number of nitrogens with two attached hydrogens (primary N) is 1. The number of halogens is 1. The van der Waals surface area contributed by atoms with Gasteiger partial charge in [-0.3, -0.25) is 0 Å². The van der Waals surface area contributed by atoms with E-state index in [1.54, 1.807) is 12.1 Å². The van der Waals surface area contributed by atoms with Crippen LogP contribution in [0.15, 0.2) is 27.6 Å². The number of aliphatic hydroxyl groups excluding tert-OH is 1. The molecule has 0 aromatic heterocycles. The van der Waals surface area contributed by atoms with Gasteiger partial charge >= 0.3 is 0 Å². The first-order valence-corrected chi connectivity index (χ1v) is 7.35. The van der Waals surface area contributed by atoms with Gasteiger partial charge in [0.25, 0.3) is 0 Å². The summed E-state index contributed by atoms with van der Waals surface area (Å²) in [4.78, 5) is 0.0250. The highest BCUT2D eigenvalue weighted by Gasteiger charge is 2.22. The molecule has 1 atom stereocenters. The minimum Gasteiger partial charge on any atom is -0.399 e. The van der Waals surface area contributed by atoms with E-state index in [0.717, 1.165) is 0 Å². The Kier molecular flexibility index (Phi) is 5.54. The number of rotatable bonds is 6. The monoisotopic (exact) mass is 338 g/mol. The summed E-state index contributed by atoms with van der Waals surface area (Å²) in [7, 11) is -2.34. The summed E-state index contributed by atoms with van der Waals surface area (Å²) in [5, 5.41) is 9.05. The number of anilines is 1. The highest BCUT2D eigenvalue weighted by atomic mass is 79.9. The van der Waals surface area contributed by atoms with Gasteiger partial charge in [0.1, 0.15) is 0 Å². The van der Waals surface area contributed by atoms with Crippen LogP contribution in [-0.4, -0.2) is 39.9 Å². The zero-order valence-corrected chi connectivity index (χ0v) is 12.2. The van der Waals surface area contributed by atoms with E-state index in [9.17, 15) is 8.42 Å². The van der Waals surface area contributed by atoms with Crippen LogP contribution in [0.4, 0.5) is 5.69 Å². The van der Waals surface area contributed by atoms with Crippen LogP contribution in [-0.2, 0) is 14.8 Å². The Balaban J connectivity index is 3.02. The highest BCUT2D eigenvalue weighted by molar-refractivity contribution is 9.10. The van der Waals surface area contributed by atoms with E-state index < -0.39 is 16.1 Å². The maximum Gasteiger partial charge on any atom is 0.242 e. The van der Waals surface area contributed by atoms with Crippen LogP contribution in [0, 0.1) is 0 Å².